The van der Waals surface area contributed by atoms with Gasteiger partial charge in [-0.2, -0.15) is 13.2 Å². The summed E-state index contributed by atoms with van der Waals surface area (Å²) in [6, 6.07) is 0. The number of nitrogens with one attached hydrogen (secondary N) is 1. The lowest BCUT2D eigenvalue weighted by Gasteiger charge is -2.18. The lowest BCUT2D eigenvalue weighted by Crippen LogP contribution is -2.41. The van der Waals surface area contributed by atoms with Crippen molar-refractivity contribution in [2.45, 2.75) is 6.18 Å². The van der Waals surface area contributed by atoms with Gasteiger partial charge in [-0.3, -0.25) is 4.79 Å². The highest BCUT2D eigenvalue weighted by molar-refractivity contribution is 5.82. The second-order valence-corrected chi connectivity index (χ2v) is 3.89. The molecule has 80 valence electrons. The van der Waals surface area contributed by atoms with Crippen molar-refractivity contribution in [3.8, 4) is 0 Å². The van der Waals surface area contributed by atoms with Crippen LogP contribution in [0.1, 0.15) is 0 Å². The summed E-state index contributed by atoms with van der Waals surface area (Å²) in [5, 5.41) is 3.10. The molecule has 1 N–H and O–H groups in total. The molecule has 2 unspecified atom stereocenters. The molecule has 14 heavy (non-hydrogen) atoms. The van der Waals surface area contributed by atoms with E-state index in [1.807, 2.05) is 0 Å². The average molecular weight is 208 g/mol. The summed E-state index contributed by atoms with van der Waals surface area (Å²) in [7, 11) is 0. The number of amides is 1. The van der Waals surface area contributed by atoms with Gasteiger partial charge in [0.25, 0.3) is 0 Å². The normalized spacial score (nSPS) is 32.1. The third-order valence-electron chi connectivity index (χ3n) is 2.92. The highest BCUT2D eigenvalue weighted by Crippen LogP contribution is 2.29. The first-order valence-corrected chi connectivity index (χ1v) is 4.55. The van der Waals surface area contributed by atoms with E-state index in [0.717, 1.165) is 18.0 Å². The van der Waals surface area contributed by atoms with Gasteiger partial charge >= 0.3 is 12.1 Å². The number of hydrogen-bond acceptors (Lipinski definition) is 2. The Labute approximate surface area is 79.3 Å². The molecular weight excluding hydrogens is 197 g/mol. The molecule has 0 spiro atoms. The number of carbonyl (C=O) groups excluding carboxylic acids is 1. The molecule has 0 aromatic rings. The molecule has 0 saturated carbocycles. The van der Waals surface area contributed by atoms with E-state index in [1.54, 1.807) is 0 Å². The van der Waals surface area contributed by atoms with Gasteiger partial charge in [-0.15, -0.1) is 0 Å². The summed E-state index contributed by atoms with van der Waals surface area (Å²) >= 11 is 0. The van der Waals surface area contributed by atoms with Gasteiger partial charge in [-0.05, 0) is 11.8 Å². The number of halogens is 3. The summed E-state index contributed by atoms with van der Waals surface area (Å²) in [5.74, 6) is -1.27. The maximum Gasteiger partial charge on any atom is 0.471 e. The van der Waals surface area contributed by atoms with E-state index in [9.17, 15) is 18.0 Å². The van der Waals surface area contributed by atoms with Crippen molar-refractivity contribution >= 4 is 5.91 Å². The number of likely N-dealkylation sites (tertiary alicyclic amines) is 1. The van der Waals surface area contributed by atoms with Crippen molar-refractivity contribution in [3.05, 3.63) is 0 Å². The van der Waals surface area contributed by atoms with Gasteiger partial charge in [0.1, 0.15) is 0 Å². The zero-order valence-corrected chi connectivity index (χ0v) is 7.47. The zero-order chi connectivity index (χ0) is 10.3. The van der Waals surface area contributed by atoms with Crippen LogP contribution in [0.5, 0.6) is 0 Å². The summed E-state index contributed by atoms with van der Waals surface area (Å²) in [6.07, 6.45) is -4.72. The fourth-order valence-corrected chi connectivity index (χ4v) is 2.20. The Kier molecular flexibility index (Phi) is 2.17. The highest BCUT2D eigenvalue weighted by atomic mass is 19.4. The first kappa shape index (κ1) is 9.76. The Bertz CT molecular complexity index is 241. The fraction of sp³-hybridized carbons (Fsp3) is 0.875. The maximum atomic E-state index is 12.1. The molecule has 0 aromatic carbocycles. The third-order valence-corrected chi connectivity index (χ3v) is 2.92. The second-order valence-electron chi connectivity index (χ2n) is 3.89. The van der Waals surface area contributed by atoms with Crippen LogP contribution in [0.4, 0.5) is 13.2 Å². The van der Waals surface area contributed by atoms with Crippen molar-refractivity contribution in [2.75, 3.05) is 26.2 Å². The van der Waals surface area contributed by atoms with Gasteiger partial charge in [-0.1, -0.05) is 0 Å². The number of fused-ring (bicyclic) bond motifs is 1. The molecule has 2 fully saturated rings. The molecule has 0 aromatic heterocycles. The van der Waals surface area contributed by atoms with Crippen molar-refractivity contribution in [1.29, 1.82) is 0 Å². The van der Waals surface area contributed by atoms with Crippen molar-refractivity contribution in [3.63, 3.8) is 0 Å². The average Bonchev–Trinajstić information content (AvgIpc) is 2.58. The van der Waals surface area contributed by atoms with Gasteiger partial charge in [0.15, 0.2) is 0 Å². The van der Waals surface area contributed by atoms with Gasteiger partial charge < -0.3 is 10.2 Å². The quantitative estimate of drug-likeness (QED) is 0.618. The van der Waals surface area contributed by atoms with Crippen LogP contribution >= 0.6 is 0 Å². The van der Waals surface area contributed by atoms with Crippen LogP contribution in [0.3, 0.4) is 0 Å². The fourth-order valence-electron chi connectivity index (χ4n) is 2.20. The molecule has 2 atom stereocenters. The smallest absolute Gasteiger partial charge is 0.334 e. The minimum absolute atomic E-state index is 0.210. The molecule has 2 rings (SSSR count). The molecule has 0 aliphatic carbocycles. The Balaban J connectivity index is 1.99. The van der Waals surface area contributed by atoms with E-state index in [0.29, 0.717) is 0 Å². The van der Waals surface area contributed by atoms with Gasteiger partial charge in [0.05, 0.1) is 0 Å². The van der Waals surface area contributed by atoms with Crippen LogP contribution in [0.15, 0.2) is 0 Å². The number of alkyl halides is 3. The zero-order valence-electron chi connectivity index (χ0n) is 7.47. The Morgan fingerprint density at radius 2 is 1.71 bits per heavy atom. The topological polar surface area (TPSA) is 32.3 Å². The molecule has 0 radical (unpaired) electrons. The van der Waals surface area contributed by atoms with Gasteiger partial charge in [-0.25, -0.2) is 0 Å². The Hall–Kier alpha value is -0.780. The summed E-state index contributed by atoms with van der Waals surface area (Å²) in [5.41, 5.74) is 0. The lowest BCUT2D eigenvalue weighted by molar-refractivity contribution is -0.184. The first-order valence-electron chi connectivity index (χ1n) is 4.55. The molecule has 0 bridgehead atoms. The van der Waals surface area contributed by atoms with Crippen molar-refractivity contribution < 1.29 is 18.0 Å². The third kappa shape index (κ3) is 1.58. The van der Waals surface area contributed by atoms with Crippen LogP contribution in [0.2, 0.25) is 0 Å². The van der Waals surface area contributed by atoms with E-state index in [-0.39, 0.29) is 24.9 Å². The van der Waals surface area contributed by atoms with Crippen molar-refractivity contribution in [2.24, 2.45) is 11.8 Å². The number of hydrogen-bond donors (Lipinski definition) is 1. The molecule has 6 heteroatoms. The maximum absolute atomic E-state index is 12.1. The largest absolute Gasteiger partial charge is 0.471 e. The van der Waals surface area contributed by atoms with Crippen LogP contribution in [0.25, 0.3) is 0 Å². The first-order chi connectivity index (χ1) is 6.48. The van der Waals surface area contributed by atoms with Crippen molar-refractivity contribution in [1.82, 2.24) is 10.2 Å². The minimum Gasteiger partial charge on any atom is -0.334 e. The van der Waals surface area contributed by atoms with E-state index >= 15 is 0 Å². The Morgan fingerprint density at radius 3 is 2.14 bits per heavy atom. The van der Waals surface area contributed by atoms with Crippen LogP contribution < -0.4 is 5.32 Å². The SMILES string of the molecule is O=C(N1CC2CNCC2C1)C(F)(F)F. The summed E-state index contributed by atoms with van der Waals surface area (Å²) in [4.78, 5) is 11.8. The lowest BCUT2D eigenvalue weighted by atomic mass is 10.0. The van der Waals surface area contributed by atoms with E-state index in [1.165, 1.54) is 0 Å². The van der Waals surface area contributed by atoms with Crippen LogP contribution in [-0.2, 0) is 4.79 Å². The molecule has 1 amide bonds. The van der Waals surface area contributed by atoms with E-state index in [2.05, 4.69) is 5.32 Å². The molecular formula is C8H11F3N2O. The van der Waals surface area contributed by atoms with E-state index in [4.69, 9.17) is 0 Å². The Morgan fingerprint density at radius 1 is 1.21 bits per heavy atom. The highest BCUT2D eigenvalue weighted by Gasteiger charge is 2.47. The number of nitrogens with zero attached hydrogens (tertiary/aromatic N) is 1. The van der Waals surface area contributed by atoms with Gasteiger partial charge in [0.2, 0.25) is 0 Å². The molecule has 3 nitrogen and oxygen atoms in total. The summed E-state index contributed by atoms with van der Waals surface area (Å²) < 4.78 is 36.2. The standard InChI is InChI=1S/C8H11F3N2O/c9-8(10,11)7(14)13-3-5-1-12-2-6(5)4-13/h5-6,12H,1-4H2. The number of rotatable bonds is 0. The predicted molar refractivity (Wildman–Crippen MR) is 42.5 cm³/mol. The number of carbonyl (C=O) groups is 1. The molecule has 2 aliphatic rings. The van der Waals surface area contributed by atoms with Crippen LogP contribution in [0, 0.1) is 11.8 Å². The molecule has 2 saturated heterocycles. The summed E-state index contributed by atoms with van der Waals surface area (Å²) in [6.45, 7) is 1.95. The van der Waals surface area contributed by atoms with Gasteiger partial charge in [0, 0.05) is 26.2 Å². The van der Waals surface area contributed by atoms with Crippen LogP contribution in [-0.4, -0.2) is 43.2 Å². The molecule has 2 aliphatic heterocycles. The minimum atomic E-state index is -4.72. The van der Waals surface area contributed by atoms with E-state index < -0.39 is 12.1 Å². The monoisotopic (exact) mass is 208 g/mol. The second kappa shape index (κ2) is 3.12. The predicted octanol–water partition coefficient (Wildman–Crippen LogP) is 0.226. The molecule has 2 heterocycles.